The molecule has 0 saturated heterocycles. The molecular formula is C22H24F2N4O2. The normalized spacial score (nSPS) is 15.7. The van der Waals surface area contributed by atoms with Crippen molar-refractivity contribution in [3.05, 3.63) is 47.5 Å². The summed E-state index contributed by atoms with van der Waals surface area (Å²) < 4.78 is 36.3. The molecule has 0 radical (unpaired) electrons. The minimum absolute atomic E-state index is 0.0207. The molecule has 0 spiro atoms. The van der Waals surface area contributed by atoms with Crippen LogP contribution >= 0.6 is 0 Å². The number of ether oxygens (including phenoxy) is 1. The average molecular weight is 414 g/mol. The van der Waals surface area contributed by atoms with E-state index in [0.29, 0.717) is 28.7 Å². The molecule has 8 heteroatoms. The van der Waals surface area contributed by atoms with Gasteiger partial charge in [-0.2, -0.15) is 4.98 Å². The van der Waals surface area contributed by atoms with Gasteiger partial charge in [0.05, 0.1) is 18.3 Å². The summed E-state index contributed by atoms with van der Waals surface area (Å²) in [6.07, 6.45) is -0.823. The smallest absolute Gasteiger partial charge is 0.258 e. The van der Waals surface area contributed by atoms with E-state index >= 15 is 0 Å². The number of hydrogen-bond acceptors (Lipinski definition) is 6. The molecule has 0 aliphatic heterocycles. The Morgan fingerprint density at radius 2 is 2.10 bits per heavy atom. The fourth-order valence-electron chi connectivity index (χ4n) is 3.80. The SMILES string of the molecule is CC(C)Oc1ccc(-c2nc(-c3cccc4c3CC[C@@H]4NCC(F)F)no2)cc1N. The highest BCUT2D eigenvalue weighted by atomic mass is 19.3. The Morgan fingerprint density at radius 3 is 2.83 bits per heavy atom. The van der Waals surface area contributed by atoms with Gasteiger partial charge in [0, 0.05) is 17.2 Å². The first-order chi connectivity index (χ1) is 14.4. The zero-order valence-electron chi connectivity index (χ0n) is 16.9. The lowest BCUT2D eigenvalue weighted by molar-refractivity contribution is 0.141. The van der Waals surface area contributed by atoms with Crippen LogP contribution < -0.4 is 15.8 Å². The van der Waals surface area contributed by atoms with E-state index in [9.17, 15) is 8.78 Å². The summed E-state index contributed by atoms with van der Waals surface area (Å²) in [7, 11) is 0. The Morgan fingerprint density at radius 1 is 1.27 bits per heavy atom. The summed E-state index contributed by atoms with van der Waals surface area (Å²) >= 11 is 0. The van der Waals surface area contributed by atoms with Crippen LogP contribution in [0.2, 0.25) is 0 Å². The number of hydrogen-bond donors (Lipinski definition) is 2. The molecule has 0 bridgehead atoms. The van der Waals surface area contributed by atoms with Crippen molar-refractivity contribution in [2.45, 2.75) is 45.3 Å². The van der Waals surface area contributed by atoms with Crippen LogP contribution in [0.15, 0.2) is 40.9 Å². The molecule has 1 aliphatic rings. The third-order valence-electron chi connectivity index (χ3n) is 5.08. The molecule has 1 aromatic heterocycles. The number of benzene rings is 2. The fourth-order valence-corrected chi connectivity index (χ4v) is 3.80. The lowest BCUT2D eigenvalue weighted by Gasteiger charge is -2.14. The van der Waals surface area contributed by atoms with Gasteiger partial charge in [-0.15, -0.1) is 0 Å². The maximum atomic E-state index is 12.6. The van der Waals surface area contributed by atoms with E-state index in [0.717, 1.165) is 29.5 Å². The van der Waals surface area contributed by atoms with Gasteiger partial charge in [0.2, 0.25) is 5.82 Å². The largest absolute Gasteiger partial charge is 0.489 e. The van der Waals surface area contributed by atoms with Crippen LogP contribution in [0.3, 0.4) is 0 Å². The number of nitrogens with two attached hydrogens (primary N) is 1. The number of fused-ring (bicyclic) bond motifs is 1. The van der Waals surface area contributed by atoms with Crippen molar-refractivity contribution < 1.29 is 18.0 Å². The van der Waals surface area contributed by atoms with Crippen molar-refractivity contribution in [3.8, 4) is 28.6 Å². The molecule has 1 aliphatic carbocycles. The highest BCUT2D eigenvalue weighted by Crippen LogP contribution is 2.37. The third-order valence-corrected chi connectivity index (χ3v) is 5.08. The fraction of sp³-hybridized carbons (Fsp3) is 0.364. The number of alkyl halides is 2. The van der Waals surface area contributed by atoms with Gasteiger partial charge in [0.15, 0.2) is 0 Å². The van der Waals surface area contributed by atoms with E-state index in [-0.39, 0.29) is 18.7 Å². The summed E-state index contributed by atoms with van der Waals surface area (Å²) in [6.45, 7) is 3.55. The number of anilines is 1. The van der Waals surface area contributed by atoms with E-state index in [1.54, 1.807) is 12.1 Å². The predicted molar refractivity (Wildman–Crippen MR) is 110 cm³/mol. The summed E-state index contributed by atoms with van der Waals surface area (Å²) in [6, 6.07) is 11.0. The van der Waals surface area contributed by atoms with Crippen LogP contribution in [0.5, 0.6) is 5.75 Å². The van der Waals surface area contributed by atoms with E-state index < -0.39 is 6.43 Å². The van der Waals surface area contributed by atoms with Crippen molar-refractivity contribution in [1.29, 1.82) is 0 Å². The van der Waals surface area contributed by atoms with Crippen molar-refractivity contribution in [3.63, 3.8) is 0 Å². The summed E-state index contributed by atoms with van der Waals surface area (Å²) in [5.41, 5.74) is 10.2. The maximum absolute atomic E-state index is 12.6. The minimum Gasteiger partial charge on any atom is -0.489 e. The monoisotopic (exact) mass is 414 g/mol. The molecule has 0 saturated carbocycles. The van der Waals surface area contributed by atoms with Crippen LogP contribution in [0.25, 0.3) is 22.8 Å². The number of halogens is 2. The van der Waals surface area contributed by atoms with Crippen LogP contribution in [0.4, 0.5) is 14.5 Å². The van der Waals surface area contributed by atoms with Gasteiger partial charge < -0.3 is 20.3 Å². The molecule has 6 nitrogen and oxygen atoms in total. The highest BCUT2D eigenvalue weighted by molar-refractivity contribution is 5.69. The molecule has 0 fully saturated rings. The highest BCUT2D eigenvalue weighted by Gasteiger charge is 2.27. The van der Waals surface area contributed by atoms with Crippen LogP contribution in [0, 0.1) is 0 Å². The van der Waals surface area contributed by atoms with Gasteiger partial charge in [0.1, 0.15) is 5.75 Å². The second kappa shape index (κ2) is 8.39. The molecule has 0 unspecified atom stereocenters. The summed E-state index contributed by atoms with van der Waals surface area (Å²) in [5.74, 6) is 1.44. The number of aromatic nitrogens is 2. The van der Waals surface area contributed by atoms with E-state index in [1.807, 2.05) is 38.1 Å². The molecule has 158 valence electrons. The van der Waals surface area contributed by atoms with Gasteiger partial charge in [-0.05, 0) is 56.0 Å². The Balaban J connectivity index is 1.59. The molecule has 2 aromatic carbocycles. The molecule has 0 amide bonds. The Hall–Kier alpha value is -3.00. The van der Waals surface area contributed by atoms with Crippen LogP contribution in [-0.4, -0.2) is 29.2 Å². The van der Waals surface area contributed by atoms with E-state index in [2.05, 4.69) is 15.5 Å². The number of nitrogens with one attached hydrogen (secondary N) is 1. The number of rotatable bonds is 7. The quantitative estimate of drug-likeness (QED) is 0.549. The summed E-state index contributed by atoms with van der Waals surface area (Å²) in [5, 5.41) is 7.07. The molecule has 30 heavy (non-hydrogen) atoms. The second-order valence-corrected chi connectivity index (χ2v) is 7.61. The standard InChI is InChI=1S/C22H24F2N4O2/c1-12(2)29-19-9-6-13(10-17(19)25)22-27-21(28-30-22)16-5-3-4-15-14(16)7-8-18(15)26-11-20(23)24/h3-6,9-10,12,18,20,26H,7-8,11,25H2,1-2H3/t18-/m0/s1. The minimum atomic E-state index is -2.37. The Kier molecular flexibility index (Phi) is 5.67. The average Bonchev–Trinajstić information content (AvgIpc) is 3.34. The second-order valence-electron chi connectivity index (χ2n) is 7.61. The van der Waals surface area contributed by atoms with Crippen molar-refractivity contribution >= 4 is 5.69 Å². The van der Waals surface area contributed by atoms with Gasteiger partial charge in [-0.3, -0.25) is 0 Å². The van der Waals surface area contributed by atoms with Gasteiger partial charge in [-0.25, -0.2) is 8.78 Å². The maximum Gasteiger partial charge on any atom is 0.258 e. The Labute approximate surface area is 173 Å². The first-order valence-corrected chi connectivity index (χ1v) is 9.96. The molecular weight excluding hydrogens is 390 g/mol. The summed E-state index contributed by atoms with van der Waals surface area (Å²) in [4.78, 5) is 4.54. The molecule has 3 N–H and O–H groups in total. The number of nitrogens with zero attached hydrogens (tertiary/aromatic N) is 2. The zero-order chi connectivity index (χ0) is 21.3. The first-order valence-electron chi connectivity index (χ1n) is 9.96. The van der Waals surface area contributed by atoms with Crippen LogP contribution in [-0.2, 0) is 6.42 Å². The van der Waals surface area contributed by atoms with Gasteiger partial charge in [0.25, 0.3) is 12.3 Å². The van der Waals surface area contributed by atoms with E-state index in [4.69, 9.17) is 15.0 Å². The predicted octanol–water partition coefficient (Wildman–Crippen LogP) is 4.62. The number of nitrogen functional groups attached to an aromatic ring is 1. The van der Waals surface area contributed by atoms with Crippen LogP contribution in [0.1, 0.15) is 37.4 Å². The zero-order valence-corrected chi connectivity index (χ0v) is 16.9. The lowest BCUT2D eigenvalue weighted by Crippen LogP contribution is -2.25. The molecule has 4 rings (SSSR count). The third kappa shape index (κ3) is 4.14. The van der Waals surface area contributed by atoms with Gasteiger partial charge in [-0.1, -0.05) is 23.4 Å². The molecule has 1 atom stereocenters. The molecule has 1 heterocycles. The van der Waals surface area contributed by atoms with E-state index in [1.165, 1.54) is 0 Å². The van der Waals surface area contributed by atoms with Gasteiger partial charge >= 0.3 is 0 Å². The van der Waals surface area contributed by atoms with Crippen molar-refractivity contribution in [2.75, 3.05) is 12.3 Å². The Bertz CT molecular complexity index is 1040. The lowest BCUT2D eigenvalue weighted by atomic mass is 10.0. The van der Waals surface area contributed by atoms with Crippen molar-refractivity contribution in [2.24, 2.45) is 0 Å². The first kappa shape index (κ1) is 20.3. The molecule has 3 aromatic rings. The van der Waals surface area contributed by atoms with Crippen molar-refractivity contribution in [1.82, 2.24) is 15.5 Å². The topological polar surface area (TPSA) is 86.2 Å².